The van der Waals surface area contributed by atoms with E-state index in [1.807, 2.05) is 19.1 Å². The van der Waals surface area contributed by atoms with Crippen molar-refractivity contribution in [1.29, 1.82) is 0 Å². The molecule has 0 spiro atoms. The molecule has 1 saturated carbocycles. The lowest BCUT2D eigenvalue weighted by Crippen LogP contribution is -2.13. The van der Waals surface area contributed by atoms with Crippen LogP contribution in [0.1, 0.15) is 27.4 Å². The van der Waals surface area contributed by atoms with E-state index in [2.05, 4.69) is 10.6 Å². The van der Waals surface area contributed by atoms with E-state index in [0.717, 1.165) is 29.1 Å². The van der Waals surface area contributed by atoms with Crippen LogP contribution in [0.3, 0.4) is 0 Å². The van der Waals surface area contributed by atoms with E-state index in [4.69, 9.17) is 0 Å². The first-order chi connectivity index (χ1) is 10.1. The standard InChI is InChI=1S/C16H16N2O2S/c1-10-2-9-14(21-10)16(20)18-13-7-5-12(6-8-13)17-15(19)11-3-4-11/h2,5-9,11H,3-4H2,1H3,(H,17,19)(H,18,20). The molecule has 3 rings (SSSR count). The Morgan fingerprint density at radius 3 is 2.14 bits per heavy atom. The molecule has 4 nitrogen and oxygen atoms in total. The first kappa shape index (κ1) is 13.8. The molecule has 1 heterocycles. The minimum atomic E-state index is -0.108. The van der Waals surface area contributed by atoms with Gasteiger partial charge in [0.05, 0.1) is 4.88 Å². The van der Waals surface area contributed by atoms with E-state index in [9.17, 15) is 9.59 Å². The van der Waals surface area contributed by atoms with Gasteiger partial charge in [-0.05, 0) is 56.2 Å². The Hall–Kier alpha value is -2.14. The van der Waals surface area contributed by atoms with Gasteiger partial charge in [0, 0.05) is 22.2 Å². The van der Waals surface area contributed by atoms with Crippen molar-refractivity contribution >= 4 is 34.5 Å². The molecule has 1 aromatic heterocycles. The number of nitrogens with one attached hydrogen (secondary N) is 2. The number of amides is 2. The Balaban J connectivity index is 1.61. The summed E-state index contributed by atoms with van der Waals surface area (Å²) in [5.41, 5.74) is 1.48. The first-order valence-electron chi connectivity index (χ1n) is 6.90. The van der Waals surface area contributed by atoms with Crippen LogP contribution in [0, 0.1) is 12.8 Å². The molecule has 0 radical (unpaired) electrons. The van der Waals surface area contributed by atoms with Gasteiger partial charge in [-0.1, -0.05) is 0 Å². The van der Waals surface area contributed by atoms with Gasteiger partial charge in [0.2, 0.25) is 5.91 Å². The van der Waals surface area contributed by atoms with Gasteiger partial charge in [-0.2, -0.15) is 0 Å². The summed E-state index contributed by atoms with van der Waals surface area (Å²) < 4.78 is 0. The van der Waals surface area contributed by atoms with Gasteiger partial charge in [-0.15, -0.1) is 11.3 Å². The second-order valence-corrected chi connectivity index (χ2v) is 6.49. The van der Waals surface area contributed by atoms with Crippen molar-refractivity contribution < 1.29 is 9.59 Å². The van der Waals surface area contributed by atoms with Gasteiger partial charge in [0.25, 0.3) is 5.91 Å². The Bertz CT molecular complexity index is 672. The van der Waals surface area contributed by atoms with Gasteiger partial charge in [0.15, 0.2) is 0 Å². The minimum absolute atomic E-state index is 0.0841. The molecular formula is C16H16N2O2S. The number of aryl methyl sites for hydroxylation is 1. The molecule has 0 atom stereocenters. The molecule has 2 N–H and O–H groups in total. The maximum Gasteiger partial charge on any atom is 0.265 e. The third kappa shape index (κ3) is 3.49. The monoisotopic (exact) mass is 300 g/mol. The molecule has 0 aliphatic heterocycles. The maximum atomic E-state index is 12.0. The highest BCUT2D eigenvalue weighted by molar-refractivity contribution is 7.14. The average molecular weight is 300 g/mol. The molecule has 5 heteroatoms. The van der Waals surface area contributed by atoms with Gasteiger partial charge in [0.1, 0.15) is 0 Å². The van der Waals surface area contributed by atoms with Crippen LogP contribution in [-0.4, -0.2) is 11.8 Å². The summed E-state index contributed by atoms with van der Waals surface area (Å²) in [7, 11) is 0. The topological polar surface area (TPSA) is 58.2 Å². The van der Waals surface area contributed by atoms with Gasteiger partial charge < -0.3 is 10.6 Å². The van der Waals surface area contributed by atoms with Crippen LogP contribution in [0.2, 0.25) is 0 Å². The van der Waals surface area contributed by atoms with Crippen molar-refractivity contribution in [3.63, 3.8) is 0 Å². The molecular weight excluding hydrogens is 284 g/mol. The Labute approximate surface area is 127 Å². The van der Waals surface area contributed by atoms with Crippen LogP contribution in [0.5, 0.6) is 0 Å². The second-order valence-electron chi connectivity index (χ2n) is 5.21. The summed E-state index contributed by atoms with van der Waals surface area (Å²) in [6.07, 6.45) is 1.97. The van der Waals surface area contributed by atoms with E-state index >= 15 is 0 Å². The fraction of sp³-hybridized carbons (Fsp3) is 0.250. The Kier molecular flexibility index (Phi) is 3.75. The first-order valence-corrected chi connectivity index (χ1v) is 7.72. The van der Waals surface area contributed by atoms with Gasteiger partial charge in [-0.3, -0.25) is 9.59 Å². The number of rotatable bonds is 4. The predicted molar refractivity (Wildman–Crippen MR) is 84.8 cm³/mol. The zero-order chi connectivity index (χ0) is 14.8. The molecule has 0 bridgehead atoms. The smallest absolute Gasteiger partial charge is 0.265 e. The molecule has 1 fully saturated rings. The van der Waals surface area contributed by atoms with Crippen molar-refractivity contribution in [3.05, 3.63) is 46.2 Å². The highest BCUT2D eigenvalue weighted by Crippen LogP contribution is 2.30. The van der Waals surface area contributed by atoms with Crippen molar-refractivity contribution in [2.24, 2.45) is 5.92 Å². The van der Waals surface area contributed by atoms with E-state index in [1.54, 1.807) is 24.3 Å². The SMILES string of the molecule is Cc1ccc(C(=O)Nc2ccc(NC(=O)C3CC3)cc2)s1. The van der Waals surface area contributed by atoms with Gasteiger partial charge in [-0.25, -0.2) is 0 Å². The van der Waals surface area contributed by atoms with Crippen molar-refractivity contribution in [1.82, 2.24) is 0 Å². The summed E-state index contributed by atoms with van der Waals surface area (Å²) in [6.45, 7) is 1.97. The van der Waals surface area contributed by atoms with Crippen LogP contribution in [0.25, 0.3) is 0 Å². The number of hydrogen-bond acceptors (Lipinski definition) is 3. The van der Waals surface area contributed by atoms with Crippen molar-refractivity contribution in [3.8, 4) is 0 Å². The number of anilines is 2. The van der Waals surface area contributed by atoms with E-state index in [0.29, 0.717) is 4.88 Å². The largest absolute Gasteiger partial charge is 0.326 e. The van der Waals surface area contributed by atoms with E-state index in [1.165, 1.54) is 11.3 Å². The highest BCUT2D eigenvalue weighted by Gasteiger charge is 2.29. The molecule has 21 heavy (non-hydrogen) atoms. The van der Waals surface area contributed by atoms with Crippen molar-refractivity contribution in [2.75, 3.05) is 10.6 Å². The summed E-state index contributed by atoms with van der Waals surface area (Å²) >= 11 is 1.47. The quantitative estimate of drug-likeness (QED) is 0.905. The summed E-state index contributed by atoms with van der Waals surface area (Å²) in [4.78, 5) is 25.5. The molecule has 108 valence electrons. The highest BCUT2D eigenvalue weighted by atomic mass is 32.1. The molecule has 0 saturated heterocycles. The van der Waals surface area contributed by atoms with Crippen LogP contribution in [-0.2, 0) is 4.79 Å². The molecule has 1 aliphatic carbocycles. The third-order valence-electron chi connectivity index (χ3n) is 3.32. The number of carbonyl (C=O) groups is 2. The summed E-state index contributed by atoms with van der Waals surface area (Å²) in [5, 5.41) is 5.72. The fourth-order valence-corrected chi connectivity index (χ4v) is 2.74. The summed E-state index contributed by atoms with van der Waals surface area (Å²) in [6, 6.07) is 10.9. The molecule has 2 aromatic rings. The summed E-state index contributed by atoms with van der Waals surface area (Å²) in [5.74, 6) is 0.162. The molecule has 0 unspecified atom stereocenters. The van der Waals surface area contributed by atoms with E-state index in [-0.39, 0.29) is 17.7 Å². The number of carbonyl (C=O) groups excluding carboxylic acids is 2. The lowest BCUT2D eigenvalue weighted by atomic mass is 10.2. The van der Waals surface area contributed by atoms with Crippen LogP contribution in [0.15, 0.2) is 36.4 Å². The average Bonchev–Trinajstić information content (AvgIpc) is 3.23. The van der Waals surface area contributed by atoms with Crippen LogP contribution >= 0.6 is 11.3 Å². The Morgan fingerprint density at radius 1 is 1.00 bits per heavy atom. The number of hydrogen-bond donors (Lipinski definition) is 2. The second kappa shape index (κ2) is 5.69. The lowest BCUT2D eigenvalue weighted by Gasteiger charge is -2.07. The number of benzene rings is 1. The van der Waals surface area contributed by atoms with E-state index < -0.39 is 0 Å². The molecule has 1 aliphatic rings. The molecule has 2 amide bonds. The Morgan fingerprint density at radius 2 is 1.62 bits per heavy atom. The zero-order valence-corrected chi connectivity index (χ0v) is 12.5. The van der Waals surface area contributed by atoms with Crippen LogP contribution in [0.4, 0.5) is 11.4 Å². The number of thiophene rings is 1. The minimum Gasteiger partial charge on any atom is -0.326 e. The molecule has 1 aromatic carbocycles. The lowest BCUT2D eigenvalue weighted by molar-refractivity contribution is -0.117. The third-order valence-corrected chi connectivity index (χ3v) is 4.32. The van der Waals surface area contributed by atoms with Gasteiger partial charge >= 0.3 is 0 Å². The zero-order valence-electron chi connectivity index (χ0n) is 11.7. The maximum absolute atomic E-state index is 12.0. The predicted octanol–water partition coefficient (Wildman–Crippen LogP) is 3.66. The van der Waals surface area contributed by atoms with Crippen molar-refractivity contribution in [2.45, 2.75) is 19.8 Å². The normalized spacial score (nSPS) is 13.8. The van der Waals surface area contributed by atoms with Crippen LogP contribution < -0.4 is 10.6 Å². The fourth-order valence-electron chi connectivity index (χ4n) is 1.98.